The van der Waals surface area contributed by atoms with E-state index in [1.54, 1.807) is 19.4 Å². The second-order valence-electron chi connectivity index (χ2n) is 4.32. The molecular weight excluding hydrogens is 220 g/mol. The van der Waals surface area contributed by atoms with Crippen LogP contribution in [0.1, 0.15) is 29.6 Å². The van der Waals surface area contributed by atoms with E-state index in [1.165, 1.54) is 6.20 Å². The number of carboxylic acid groups (broad SMARTS) is 1. The molecule has 1 heterocycles. The first-order valence-electron chi connectivity index (χ1n) is 5.63. The minimum Gasteiger partial charge on any atom is -0.478 e. The lowest BCUT2D eigenvalue weighted by molar-refractivity contribution is -0.0601. The summed E-state index contributed by atoms with van der Waals surface area (Å²) in [6.45, 7) is 0.633. The Morgan fingerprint density at radius 2 is 2.41 bits per heavy atom. The van der Waals surface area contributed by atoms with Crippen LogP contribution in [0.5, 0.6) is 0 Å². The van der Waals surface area contributed by atoms with Crippen molar-refractivity contribution in [2.75, 3.05) is 19.0 Å². The molecule has 0 radical (unpaired) electrons. The van der Waals surface area contributed by atoms with Crippen LogP contribution in [0.25, 0.3) is 0 Å². The fraction of sp³-hybridized carbons (Fsp3) is 0.500. The summed E-state index contributed by atoms with van der Waals surface area (Å²) in [7, 11) is 1.70. The smallest absolute Gasteiger partial charge is 0.339 e. The Bertz CT molecular complexity index is 410. The summed E-state index contributed by atoms with van der Waals surface area (Å²) < 4.78 is 5.47. The van der Waals surface area contributed by atoms with E-state index < -0.39 is 5.97 Å². The molecule has 0 atom stereocenters. The molecular formula is C12H16N2O3. The Balaban J connectivity index is 2.06. The highest BCUT2D eigenvalue weighted by molar-refractivity contribution is 5.93. The van der Waals surface area contributed by atoms with Gasteiger partial charge in [0.2, 0.25) is 0 Å². The summed E-state index contributed by atoms with van der Waals surface area (Å²) in [5.74, 6) is -0.972. The van der Waals surface area contributed by atoms with Crippen molar-refractivity contribution in [1.29, 1.82) is 0 Å². The maximum absolute atomic E-state index is 11.0. The number of nitrogens with zero attached hydrogens (tertiary/aromatic N) is 1. The molecule has 1 aliphatic carbocycles. The highest BCUT2D eigenvalue weighted by Crippen LogP contribution is 2.35. The lowest BCUT2D eigenvalue weighted by Crippen LogP contribution is -2.45. The number of aromatic nitrogens is 1. The number of hydrogen-bond acceptors (Lipinski definition) is 4. The van der Waals surface area contributed by atoms with Crippen molar-refractivity contribution in [1.82, 2.24) is 4.98 Å². The van der Waals surface area contributed by atoms with Crippen LogP contribution in [0.4, 0.5) is 5.69 Å². The van der Waals surface area contributed by atoms with Gasteiger partial charge in [-0.3, -0.25) is 4.98 Å². The molecule has 0 unspecified atom stereocenters. The fourth-order valence-electron chi connectivity index (χ4n) is 2.00. The Hall–Kier alpha value is -1.62. The molecule has 2 rings (SSSR count). The van der Waals surface area contributed by atoms with Crippen molar-refractivity contribution in [3.05, 3.63) is 24.0 Å². The van der Waals surface area contributed by atoms with Crippen molar-refractivity contribution >= 4 is 11.7 Å². The van der Waals surface area contributed by atoms with Gasteiger partial charge >= 0.3 is 5.97 Å². The van der Waals surface area contributed by atoms with Crippen molar-refractivity contribution in [3.63, 3.8) is 0 Å². The third kappa shape index (κ3) is 2.39. The van der Waals surface area contributed by atoms with Gasteiger partial charge < -0.3 is 15.2 Å². The third-order valence-electron chi connectivity index (χ3n) is 3.35. The first-order chi connectivity index (χ1) is 8.17. The molecule has 92 valence electrons. The zero-order valence-electron chi connectivity index (χ0n) is 9.77. The summed E-state index contributed by atoms with van der Waals surface area (Å²) in [6, 6.07) is 1.67. The normalized spacial score (nSPS) is 17.2. The molecule has 17 heavy (non-hydrogen) atoms. The van der Waals surface area contributed by atoms with Crippen molar-refractivity contribution in [3.8, 4) is 0 Å². The predicted molar refractivity (Wildman–Crippen MR) is 63.3 cm³/mol. The molecule has 0 spiro atoms. The van der Waals surface area contributed by atoms with E-state index in [9.17, 15) is 4.79 Å². The van der Waals surface area contributed by atoms with Crippen LogP contribution in [0.15, 0.2) is 18.5 Å². The zero-order valence-corrected chi connectivity index (χ0v) is 9.77. The molecule has 0 amide bonds. The SMILES string of the molecule is COC1(CNc2ccncc2C(=O)O)CCC1. The van der Waals surface area contributed by atoms with Crippen molar-refractivity contribution in [2.24, 2.45) is 0 Å². The number of methoxy groups -OCH3 is 1. The molecule has 5 nitrogen and oxygen atoms in total. The van der Waals surface area contributed by atoms with Crippen molar-refractivity contribution < 1.29 is 14.6 Å². The minimum absolute atomic E-state index is 0.126. The van der Waals surface area contributed by atoms with Gasteiger partial charge in [0, 0.05) is 26.0 Å². The summed E-state index contributed by atoms with van der Waals surface area (Å²) in [6.07, 6.45) is 6.13. The average molecular weight is 236 g/mol. The Morgan fingerprint density at radius 1 is 1.65 bits per heavy atom. The summed E-state index contributed by atoms with van der Waals surface area (Å²) >= 11 is 0. The zero-order chi connectivity index (χ0) is 12.3. The fourth-order valence-corrected chi connectivity index (χ4v) is 2.00. The second kappa shape index (κ2) is 4.71. The van der Waals surface area contributed by atoms with Crippen LogP contribution < -0.4 is 5.32 Å². The monoisotopic (exact) mass is 236 g/mol. The van der Waals surface area contributed by atoms with E-state index in [0.29, 0.717) is 12.2 Å². The molecule has 1 aromatic rings. The van der Waals surface area contributed by atoms with Gasteiger partial charge in [-0.2, -0.15) is 0 Å². The number of hydrogen-bond donors (Lipinski definition) is 2. The second-order valence-corrected chi connectivity index (χ2v) is 4.32. The number of anilines is 1. The molecule has 1 saturated carbocycles. The number of pyridine rings is 1. The summed E-state index contributed by atoms with van der Waals surface area (Å²) in [5, 5.41) is 12.2. The molecule has 2 N–H and O–H groups in total. The number of aromatic carboxylic acids is 1. The number of carbonyl (C=O) groups is 1. The molecule has 0 bridgehead atoms. The van der Waals surface area contributed by atoms with Gasteiger partial charge in [0.05, 0.1) is 11.3 Å². The van der Waals surface area contributed by atoms with Crippen LogP contribution in [0.2, 0.25) is 0 Å². The van der Waals surface area contributed by atoms with Gasteiger partial charge in [0.1, 0.15) is 5.56 Å². The number of ether oxygens (including phenoxy) is 1. The van der Waals surface area contributed by atoms with Crippen LogP contribution in [0.3, 0.4) is 0 Å². The van der Waals surface area contributed by atoms with Gasteiger partial charge in [-0.15, -0.1) is 0 Å². The first-order valence-corrected chi connectivity index (χ1v) is 5.63. The van der Waals surface area contributed by atoms with E-state index in [0.717, 1.165) is 19.3 Å². The maximum Gasteiger partial charge on any atom is 0.339 e. The molecule has 5 heteroatoms. The Labute approximate surface area is 99.8 Å². The predicted octanol–water partition coefficient (Wildman–Crippen LogP) is 1.76. The molecule has 1 aromatic heterocycles. The lowest BCUT2D eigenvalue weighted by atomic mass is 9.80. The number of nitrogens with one attached hydrogen (secondary N) is 1. The topological polar surface area (TPSA) is 71.5 Å². The van der Waals surface area contributed by atoms with Gasteiger partial charge in [0.25, 0.3) is 0 Å². The molecule has 0 aromatic carbocycles. The van der Waals surface area contributed by atoms with Gasteiger partial charge in [0.15, 0.2) is 0 Å². The third-order valence-corrected chi connectivity index (χ3v) is 3.35. The van der Waals surface area contributed by atoms with Crippen LogP contribution in [0, 0.1) is 0 Å². The van der Waals surface area contributed by atoms with Crippen LogP contribution in [-0.4, -0.2) is 35.3 Å². The van der Waals surface area contributed by atoms with Crippen molar-refractivity contribution in [2.45, 2.75) is 24.9 Å². The minimum atomic E-state index is -0.972. The largest absolute Gasteiger partial charge is 0.478 e. The molecule has 0 saturated heterocycles. The Kier molecular flexibility index (Phi) is 3.28. The van der Waals surface area contributed by atoms with E-state index in [-0.39, 0.29) is 11.2 Å². The molecule has 1 aliphatic rings. The average Bonchev–Trinajstić information content (AvgIpc) is 2.28. The number of carboxylic acids is 1. The van der Waals surface area contributed by atoms with Crippen LogP contribution in [-0.2, 0) is 4.74 Å². The van der Waals surface area contributed by atoms with E-state index in [1.807, 2.05) is 0 Å². The summed E-state index contributed by atoms with van der Waals surface area (Å²) in [4.78, 5) is 14.8. The number of rotatable bonds is 5. The molecule has 0 aliphatic heterocycles. The summed E-state index contributed by atoms with van der Waals surface area (Å²) in [5.41, 5.74) is 0.660. The Morgan fingerprint density at radius 3 is 2.94 bits per heavy atom. The standard InChI is InChI=1S/C12H16N2O3/c1-17-12(4-2-5-12)8-14-10-3-6-13-7-9(10)11(15)16/h3,6-7H,2,4-5,8H2,1H3,(H,13,14)(H,15,16). The van der Waals surface area contributed by atoms with Crippen LogP contribution >= 0.6 is 0 Å². The highest BCUT2D eigenvalue weighted by atomic mass is 16.5. The highest BCUT2D eigenvalue weighted by Gasteiger charge is 2.36. The molecule has 1 fully saturated rings. The first kappa shape index (κ1) is 11.9. The van der Waals surface area contributed by atoms with E-state index in [2.05, 4.69) is 10.3 Å². The van der Waals surface area contributed by atoms with E-state index >= 15 is 0 Å². The van der Waals surface area contributed by atoms with E-state index in [4.69, 9.17) is 9.84 Å². The maximum atomic E-state index is 11.0. The van der Waals surface area contributed by atoms with Gasteiger partial charge in [-0.05, 0) is 25.3 Å². The quantitative estimate of drug-likeness (QED) is 0.815. The van der Waals surface area contributed by atoms with Gasteiger partial charge in [-0.25, -0.2) is 4.79 Å². The lowest BCUT2D eigenvalue weighted by Gasteiger charge is -2.40. The van der Waals surface area contributed by atoms with Gasteiger partial charge in [-0.1, -0.05) is 0 Å².